The monoisotopic (exact) mass is 655 g/mol. The average molecular weight is 655 g/mol. The van der Waals surface area contributed by atoms with Crippen LogP contribution in [0.5, 0.6) is 0 Å². The molecule has 8 aromatic rings. The lowest BCUT2D eigenvalue weighted by Crippen LogP contribution is -2.55. The van der Waals surface area contributed by atoms with Crippen LogP contribution in [0.1, 0.15) is 0 Å². The number of fused-ring (bicyclic) bond motifs is 2. The smallest absolute Gasteiger partial charge is 0.208 e. The van der Waals surface area contributed by atoms with Gasteiger partial charge in [0, 0.05) is 11.1 Å². The van der Waals surface area contributed by atoms with Crippen molar-refractivity contribution >= 4 is 99.7 Å². The summed E-state index contributed by atoms with van der Waals surface area (Å²) in [6.07, 6.45) is 0. The summed E-state index contributed by atoms with van der Waals surface area (Å²) in [5.74, 6) is 1.08. The highest BCUT2D eigenvalue weighted by Crippen LogP contribution is 2.36. The van der Waals surface area contributed by atoms with Crippen LogP contribution in [0.15, 0.2) is 127 Å². The second-order valence-electron chi connectivity index (χ2n) is 13.1. The number of benzene rings is 7. The van der Waals surface area contributed by atoms with E-state index in [9.17, 15) is 0 Å². The van der Waals surface area contributed by atoms with Crippen molar-refractivity contribution in [3.8, 4) is 56.2 Å². The summed E-state index contributed by atoms with van der Waals surface area (Å²) >= 11 is 6.59. The Balaban J connectivity index is 1.21. The van der Waals surface area contributed by atoms with Crippen LogP contribution >= 0.6 is 11.6 Å². The molecule has 0 saturated carbocycles. The number of hydrogen-bond donors (Lipinski definition) is 0. The van der Waals surface area contributed by atoms with Gasteiger partial charge in [0.1, 0.15) is 39.2 Å². The van der Waals surface area contributed by atoms with Gasteiger partial charge in [0.2, 0.25) is 5.28 Å². The minimum absolute atomic E-state index is 0.162. The van der Waals surface area contributed by atoms with Crippen LogP contribution in [-0.2, 0) is 0 Å². The molecule has 1 heterocycles. The number of nitrogens with zero attached hydrogens (tertiary/aromatic N) is 3. The van der Waals surface area contributed by atoms with E-state index in [1.54, 1.807) is 0 Å². The standard InChI is InChI=1S/C41H31B5ClN3/c42-34-33(35(43)37(45)38(46)36(34)44)32-19-18-29(30-15-3-4-16-31(30)32)24-11-6-13-26(21-24)40-48-39(49-41(47)50-40)25-12-5-10-23(20-25)28-17-7-9-22-8-1-2-14-27(22)28/h1-21H,42-46H2. The highest BCUT2D eigenvalue weighted by Gasteiger charge is 2.18. The van der Waals surface area contributed by atoms with Crippen molar-refractivity contribution in [3.63, 3.8) is 0 Å². The molecule has 0 unspecified atom stereocenters. The van der Waals surface area contributed by atoms with E-state index < -0.39 is 0 Å². The molecule has 0 N–H and O–H groups in total. The van der Waals surface area contributed by atoms with Gasteiger partial charge in [0.15, 0.2) is 11.6 Å². The molecule has 9 heteroatoms. The topological polar surface area (TPSA) is 38.7 Å². The van der Waals surface area contributed by atoms with Crippen molar-refractivity contribution in [2.24, 2.45) is 0 Å². The highest BCUT2D eigenvalue weighted by atomic mass is 35.5. The summed E-state index contributed by atoms with van der Waals surface area (Å²) in [6.45, 7) is 0. The Morgan fingerprint density at radius 2 is 0.820 bits per heavy atom. The zero-order chi connectivity index (χ0) is 34.5. The maximum atomic E-state index is 6.59. The predicted molar refractivity (Wildman–Crippen MR) is 228 cm³/mol. The van der Waals surface area contributed by atoms with E-state index in [-0.39, 0.29) is 5.28 Å². The normalized spacial score (nSPS) is 11.3. The first-order chi connectivity index (χ1) is 24.3. The Labute approximate surface area is 302 Å². The molecular formula is C41H31B5ClN3. The first-order valence-corrected chi connectivity index (χ1v) is 17.4. The predicted octanol–water partition coefficient (Wildman–Crippen LogP) is 2.46. The Bertz CT molecular complexity index is 2610. The van der Waals surface area contributed by atoms with Gasteiger partial charge in [-0.3, -0.25) is 0 Å². The zero-order valence-electron chi connectivity index (χ0n) is 28.8. The fourth-order valence-corrected chi connectivity index (χ4v) is 7.57. The second-order valence-corrected chi connectivity index (χ2v) is 13.5. The zero-order valence-corrected chi connectivity index (χ0v) is 29.6. The molecule has 0 amide bonds. The van der Waals surface area contributed by atoms with Gasteiger partial charge in [0.05, 0.1) is 0 Å². The van der Waals surface area contributed by atoms with E-state index in [1.807, 2.05) is 18.2 Å². The molecular weight excluding hydrogens is 624 g/mol. The van der Waals surface area contributed by atoms with Crippen LogP contribution in [0.2, 0.25) is 5.28 Å². The van der Waals surface area contributed by atoms with Gasteiger partial charge in [-0.2, -0.15) is 9.97 Å². The van der Waals surface area contributed by atoms with Crippen LogP contribution in [0.25, 0.3) is 77.7 Å². The minimum atomic E-state index is 0.162. The summed E-state index contributed by atoms with van der Waals surface area (Å²) in [4.78, 5) is 14.1. The molecule has 232 valence electrons. The van der Waals surface area contributed by atoms with Crippen molar-refractivity contribution < 1.29 is 0 Å². The molecule has 8 rings (SSSR count). The third-order valence-corrected chi connectivity index (χ3v) is 10.6. The molecule has 0 aliphatic heterocycles. The molecule has 1 aromatic heterocycles. The molecule has 0 spiro atoms. The quantitative estimate of drug-likeness (QED) is 0.268. The molecule has 0 atom stereocenters. The molecule has 0 radical (unpaired) electrons. The summed E-state index contributed by atoms with van der Waals surface area (Å²) in [7, 11) is 11.2. The summed E-state index contributed by atoms with van der Waals surface area (Å²) in [5.41, 5.74) is 15.6. The molecule has 0 fully saturated rings. The van der Waals surface area contributed by atoms with E-state index in [0.29, 0.717) is 11.6 Å². The van der Waals surface area contributed by atoms with Crippen molar-refractivity contribution in [2.75, 3.05) is 0 Å². The Morgan fingerprint density at radius 3 is 1.44 bits per heavy atom. The second kappa shape index (κ2) is 12.9. The number of halogens is 1. The minimum Gasteiger partial charge on any atom is -0.208 e. The van der Waals surface area contributed by atoms with Gasteiger partial charge in [-0.25, -0.2) is 4.98 Å². The van der Waals surface area contributed by atoms with Crippen LogP contribution in [0.4, 0.5) is 0 Å². The van der Waals surface area contributed by atoms with Crippen molar-refractivity contribution in [3.05, 3.63) is 133 Å². The van der Waals surface area contributed by atoms with Crippen LogP contribution in [0.3, 0.4) is 0 Å². The molecule has 0 saturated heterocycles. The lowest BCUT2D eigenvalue weighted by molar-refractivity contribution is 1.07. The van der Waals surface area contributed by atoms with Crippen LogP contribution < -0.4 is 27.3 Å². The summed E-state index contributed by atoms with van der Waals surface area (Å²) in [5, 5.41) is 5.01. The van der Waals surface area contributed by atoms with Gasteiger partial charge >= 0.3 is 0 Å². The average Bonchev–Trinajstić information content (AvgIpc) is 3.16. The fraction of sp³-hybridized carbons (Fsp3) is 0. The largest absolute Gasteiger partial charge is 0.226 e. The van der Waals surface area contributed by atoms with Gasteiger partial charge < -0.3 is 0 Å². The lowest BCUT2D eigenvalue weighted by atomic mass is 9.59. The Morgan fingerprint density at radius 1 is 0.380 bits per heavy atom. The van der Waals surface area contributed by atoms with Gasteiger partial charge in [0.25, 0.3) is 0 Å². The molecule has 7 aromatic carbocycles. The first-order valence-electron chi connectivity index (χ1n) is 17.0. The number of rotatable bonds is 5. The van der Waals surface area contributed by atoms with Gasteiger partial charge in [-0.1, -0.05) is 126 Å². The van der Waals surface area contributed by atoms with Gasteiger partial charge in [-0.15, -0.1) is 16.4 Å². The van der Waals surface area contributed by atoms with E-state index in [2.05, 4.69) is 158 Å². The van der Waals surface area contributed by atoms with Crippen LogP contribution in [0, 0.1) is 0 Å². The highest BCUT2D eigenvalue weighted by molar-refractivity contribution is 6.68. The van der Waals surface area contributed by atoms with Crippen LogP contribution in [-0.4, -0.2) is 54.2 Å². The Kier molecular flexibility index (Phi) is 8.21. The number of hydrogen-bond acceptors (Lipinski definition) is 3. The molecule has 0 bridgehead atoms. The molecule has 0 aliphatic rings. The molecule has 3 nitrogen and oxygen atoms in total. The van der Waals surface area contributed by atoms with Crippen molar-refractivity contribution in [1.82, 2.24) is 15.0 Å². The SMILES string of the molecule is Bc1c(B)c(B)c(-c2ccc(-c3cccc(-c4nc(Cl)nc(-c5cccc(-c6cccc7ccccc67)c5)n4)c3)c3ccccc23)c(B)c1B. The van der Waals surface area contributed by atoms with E-state index >= 15 is 0 Å². The summed E-state index contributed by atoms with van der Waals surface area (Å²) < 4.78 is 0. The van der Waals surface area contributed by atoms with Crippen molar-refractivity contribution in [1.29, 1.82) is 0 Å². The summed E-state index contributed by atoms with van der Waals surface area (Å²) in [6, 6.07) is 44.8. The molecule has 0 aliphatic carbocycles. The lowest BCUT2D eigenvalue weighted by Gasteiger charge is -2.22. The van der Waals surface area contributed by atoms with Crippen molar-refractivity contribution in [2.45, 2.75) is 0 Å². The Hall–Kier alpha value is -5.32. The van der Waals surface area contributed by atoms with E-state index in [0.717, 1.165) is 33.4 Å². The maximum absolute atomic E-state index is 6.59. The maximum Gasteiger partial charge on any atom is 0.226 e. The third-order valence-electron chi connectivity index (χ3n) is 10.5. The van der Waals surface area contributed by atoms with E-state index in [1.165, 1.54) is 60.0 Å². The third kappa shape index (κ3) is 5.54. The first kappa shape index (κ1) is 31.9. The fourth-order valence-electron chi connectivity index (χ4n) is 7.41. The van der Waals surface area contributed by atoms with Gasteiger partial charge in [-0.05, 0) is 78.7 Å². The van der Waals surface area contributed by atoms with E-state index in [4.69, 9.17) is 16.6 Å². The number of aromatic nitrogens is 3. The molecule has 50 heavy (non-hydrogen) atoms.